The summed E-state index contributed by atoms with van der Waals surface area (Å²) in [4.78, 5) is 4.38. The quantitative estimate of drug-likeness (QED) is 0.761. The van der Waals surface area contributed by atoms with Crippen LogP contribution in [-0.4, -0.2) is 12.0 Å². The molecule has 0 aliphatic rings. The molecule has 3 heteroatoms. The van der Waals surface area contributed by atoms with E-state index in [1.807, 2.05) is 31.4 Å². The molecule has 0 fully saturated rings. The number of rotatable bonds is 3. The fourth-order valence-electron chi connectivity index (χ4n) is 2.19. The third-order valence-corrected chi connectivity index (χ3v) is 3.08. The van der Waals surface area contributed by atoms with Crippen LogP contribution < -0.4 is 5.32 Å². The van der Waals surface area contributed by atoms with Gasteiger partial charge in [-0.05, 0) is 36.9 Å². The van der Waals surface area contributed by atoms with Crippen LogP contribution in [0.3, 0.4) is 0 Å². The van der Waals surface area contributed by atoms with Gasteiger partial charge in [0.25, 0.3) is 0 Å². The van der Waals surface area contributed by atoms with Gasteiger partial charge in [-0.25, -0.2) is 0 Å². The first-order valence-corrected chi connectivity index (χ1v) is 5.94. The standard InChI is InChI=1S/C15H14N2O/c1-16-15(14-5-3-9-18-14)12-7-6-11-4-2-8-17-13(11)10-12/h2-10,15-16H,1H3. The lowest BCUT2D eigenvalue weighted by molar-refractivity contribution is 0.463. The Bertz CT molecular complexity index is 646. The van der Waals surface area contributed by atoms with Crippen LogP contribution in [0.25, 0.3) is 10.9 Å². The van der Waals surface area contributed by atoms with Crippen LogP contribution in [-0.2, 0) is 0 Å². The van der Waals surface area contributed by atoms with Crippen molar-refractivity contribution in [1.82, 2.24) is 10.3 Å². The number of fused-ring (bicyclic) bond motifs is 1. The van der Waals surface area contributed by atoms with Gasteiger partial charge in [-0.1, -0.05) is 18.2 Å². The molecule has 0 aliphatic heterocycles. The molecule has 18 heavy (non-hydrogen) atoms. The number of aromatic nitrogens is 1. The second-order valence-electron chi connectivity index (χ2n) is 4.19. The number of hydrogen-bond donors (Lipinski definition) is 1. The minimum absolute atomic E-state index is 0.0615. The Hall–Kier alpha value is -2.13. The topological polar surface area (TPSA) is 38.1 Å². The smallest absolute Gasteiger partial charge is 0.125 e. The van der Waals surface area contributed by atoms with E-state index in [-0.39, 0.29) is 6.04 Å². The van der Waals surface area contributed by atoms with E-state index >= 15 is 0 Å². The second-order valence-corrected chi connectivity index (χ2v) is 4.19. The van der Waals surface area contributed by atoms with Gasteiger partial charge in [0.2, 0.25) is 0 Å². The molecule has 90 valence electrons. The molecule has 0 radical (unpaired) electrons. The zero-order valence-electron chi connectivity index (χ0n) is 10.1. The Morgan fingerprint density at radius 3 is 2.89 bits per heavy atom. The molecular weight excluding hydrogens is 224 g/mol. The normalized spacial score (nSPS) is 12.7. The number of nitrogens with zero attached hydrogens (tertiary/aromatic N) is 1. The van der Waals surface area contributed by atoms with Gasteiger partial charge in [0.1, 0.15) is 5.76 Å². The summed E-state index contributed by atoms with van der Waals surface area (Å²) in [6.07, 6.45) is 3.51. The molecule has 1 aromatic carbocycles. The molecule has 0 saturated heterocycles. The summed E-state index contributed by atoms with van der Waals surface area (Å²) in [6.45, 7) is 0. The molecule has 0 spiro atoms. The minimum Gasteiger partial charge on any atom is -0.467 e. The van der Waals surface area contributed by atoms with Crippen molar-refractivity contribution in [2.75, 3.05) is 7.05 Å². The molecular formula is C15H14N2O. The lowest BCUT2D eigenvalue weighted by atomic mass is 10.0. The van der Waals surface area contributed by atoms with Crippen LogP contribution >= 0.6 is 0 Å². The molecule has 1 unspecified atom stereocenters. The maximum atomic E-state index is 5.47. The summed E-state index contributed by atoms with van der Waals surface area (Å²) in [5.74, 6) is 0.910. The third-order valence-electron chi connectivity index (χ3n) is 3.08. The average molecular weight is 238 g/mol. The van der Waals surface area contributed by atoms with E-state index in [0.717, 1.165) is 22.2 Å². The molecule has 2 heterocycles. The molecule has 2 aromatic heterocycles. The predicted octanol–water partition coefficient (Wildman–Crippen LogP) is 3.14. The first kappa shape index (κ1) is 11.0. The second kappa shape index (κ2) is 4.63. The highest BCUT2D eigenvalue weighted by Crippen LogP contribution is 2.24. The van der Waals surface area contributed by atoms with Crippen molar-refractivity contribution in [2.45, 2.75) is 6.04 Å². The van der Waals surface area contributed by atoms with Crippen molar-refractivity contribution in [1.29, 1.82) is 0 Å². The molecule has 1 N–H and O–H groups in total. The van der Waals surface area contributed by atoms with Crippen LogP contribution in [0.4, 0.5) is 0 Å². The number of nitrogens with one attached hydrogen (secondary N) is 1. The van der Waals surface area contributed by atoms with Crippen molar-refractivity contribution < 1.29 is 4.42 Å². The molecule has 3 aromatic rings. The monoisotopic (exact) mass is 238 g/mol. The SMILES string of the molecule is CNC(c1ccc2cccnc2c1)c1ccco1. The lowest BCUT2D eigenvalue weighted by Crippen LogP contribution is -2.16. The maximum Gasteiger partial charge on any atom is 0.125 e. The van der Waals surface area contributed by atoms with Crippen LogP contribution in [0.1, 0.15) is 17.4 Å². The summed E-state index contributed by atoms with van der Waals surface area (Å²) in [6, 6.07) is 14.2. The highest BCUT2D eigenvalue weighted by atomic mass is 16.3. The highest BCUT2D eigenvalue weighted by molar-refractivity contribution is 5.79. The summed E-state index contributed by atoms with van der Waals surface area (Å²) >= 11 is 0. The fourth-order valence-corrected chi connectivity index (χ4v) is 2.19. The number of benzene rings is 1. The van der Waals surface area contributed by atoms with Gasteiger partial charge in [-0.3, -0.25) is 4.98 Å². The van der Waals surface area contributed by atoms with E-state index in [2.05, 4.69) is 34.6 Å². The highest BCUT2D eigenvalue weighted by Gasteiger charge is 2.14. The summed E-state index contributed by atoms with van der Waals surface area (Å²) in [5.41, 5.74) is 2.15. The van der Waals surface area contributed by atoms with E-state index in [1.54, 1.807) is 6.26 Å². The van der Waals surface area contributed by atoms with E-state index in [4.69, 9.17) is 4.42 Å². The molecule has 3 nitrogen and oxygen atoms in total. The van der Waals surface area contributed by atoms with Crippen LogP contribution in [0.5, 0.6) is 0 Å². The van der Waals surface area contributed by atoms with Gasteiger partial charge >= 0.3 is 0 Å². The number of furan rings is 1. The van der Waals surface area contributed by atoms with Gasteiger partial charge in [0, 0.05) is 11.6 Å². The number of pyridine rings is 1. The first-order chi connectivity index (χ1) is 8.88. The van der Waals surface area contributed by atoms with Crippen molar-refractivity contribution >= 4 is 10.9 Å². The van der Waals surface area contributed by atoms with Crippen LogP contribution in [0.15, 0.2) is 59.3 Å². The fraction of sp³-hybridized carbons (Fsp3) is 0.133. The maximum absolute atomic E-state index is 5.47. The molecule has 1 atom stereocenters. The third kappa shape index (κ3) is 1.89. The van der Waals surface area contributed by atoms with Crippen molar-refractivity contribution in [3.05, 3.63) is 66.2 Å². The Morgan fingerprint density at radius 2 is 2.11 bits per heavy atom. The Morgan fingerprint density at radius 1 is 1.17 bits per heavy atom. The van der Waals surface area contributed by atoms with Gasteiger partial charge in [-0.2, -0.15) is 0 Å². The van der Waals surface area contributed by atoms with Gasteiger partial charge < -0.3 is 9.73 Å². The van der Waals surface area contributed by atoms with Gasteiger partial charge in [0.05, 0.1) is 17.8 Å². The zero-order chi connectivity index (χ0) is 12.4. The van der Waals surface area contributed by atoms with Gasteiger partial charge in [0.15, 0.2) is 0 Å². The van der Waals surface area contributed by atoms with E-state index in [0.29, 0.717) is 0 Å². The summed E-state index contributed by atoms with van der Waals surface area (Å²) < 4.78 is 5.47. The van der Waals surface area contributed by atoms with Crippen LogP contribution in [0, 0.1) is 0 Å². The number of hydrogen-bond acceptors (Lipinski definition) is 3. The summed E-state index contributed by atoms with van der Waals surface area (Å²) in [7, 11) is 1.93. The van der Waals surface area contributed by atoms with E-state index < -0.39 is 0 Å². The Balaban J connectivity index is 2.07. The van der Waals surface area contributed by atoms with Crippen LogP contribution in [0.2, 0.25) is 0 Å². The zero-order valence-corrected chi connectivity index (χ0v) is 10.1. The Kier molecular flexibility index (Phi) is 2.82. The van der Waals surface area contributed by atoms with Crippen molar-refractivity contribution in [2.24, 2.45) is 0 Å². The largest absolute Gasteiger partial charge is 0.467 e. The average Bonchev–Trinajstić information content (AvgIpc) is 2.93. The molecule has 0 aliphatic carbocycles. The van der Waals surface area contributed by atoms with E-state index in [9.17, 15) is 0 Å². The molecule has 0 amide bonds. The molecule has 0 bridgehead atoms. The predicted molar refractivity (Wildman–Crippen MR) is 71.4 cm³/mol. The Labute approximate surface area is 105 Å². The summed E-state index contributed by atoms with van der Waals surface area (Å²) in [5, 5.41) is 4.41. The van der Waals surface area contributed by atoms with E-state index in [1.165, 1.54) is 0 Å². The molecule has 0 saturated carbocycles. The first-order valence-electron chi connectivity index (χ1n) is 5.94. The van der Waals surface area contributed by atoms with Crippen molar-refractivity contribution in [3.8, 4) is 0 Å². The van der Waals surface area contributed by atoms with Crippen molar-refractivity contribution in [3.63, 3.8) is 0 Å². The molecule has 3 rings (SSSR count). The lowest BCUT2D eigenvalue weighted by Gasteiger charge is -2.14. The minimum atomic E-state index is 0.0615. The van der Waals surface area contributed by atoms with Gasteiger partial charge in [-0.15, -0.1) is 0 Å².